The van der Waals surface area contributed by atoms with Crippen LogP contribution in [-0.4, -0.2) is 26.9 Å². The summed E-state index contributed by atoms with van der Waals surface area (Å²) in [6, 6.07) is 7.57. The Kier molecular flexibility index (Phi) is 2.94. The maximum Gasteiger partial charge on any atom is 0.243 e. The Morgan fingerprint density at radius 1 is 1.38 bits per heavy atom. The molecule has 0 aliphatic carbocycles. The minimum atomic E-state index is -0.271. The highest BCUT2D eigenvalue weighted by Gasteiger charge is 2.26. The van der Waals surface area contributed by atoms with Crippen LogP contribution < -0.4 is 10.6 Å². The molecule has 0 saturated carbocycles. The molecule has 1 aromatic carbocycles. The average Bonchev–Trinajstić information content (AvgIpc) is 3.11. The van der Waals surface area contributed by atoms with Crippen molar-refractivity contribution in [2.24, 2.45) is 0 Å². The zero-order valence-corrected chi connectivity index (χ0v) is 11.9. The molecule has 0 bridgehead atoms. The van der Waals surface area contributed by atoms with Gasteiger partial charge in [-0.25, -0.2) is 9.97 Å². The molecule has 0 spiro atoms. The fraction of sp³-hybridized carbons (Fsp3) is 0.214. The molecule has 3 N–H and O–H groups in total. The number of rotatable bonds is 2. The second-order valence-corrected chi connectivity index (χ2v) is 5.97. The molecule has 0 fully saturated rings. The van der Waals surface area contributed by atoms with E-state index in [1.165, 1.54) is 11.3 Å². The Morgan fingerprint density at radius 2 is 2.29 bits per heavy atom. The van der Waals surface area contributed by atoms with E-state index < -0.39 is 0 Å². The van der Waals surface area contributed by atoms with Gasteiger partial charge < -0.3 is 10.3 Å². The van der Waals surface area contributed by atoms with Crippen molar-refractivity contribution in [3.05, 3.63) is 42.0 Å². The predicted molar refractivity (Wildman–Crippen MR) is 81.2 cm³/mol. The lowest BCUT2D eigenvalue weighted by molar-refractivity contribution is -0.118. The molecule has 3 aromatic rings. The molecule has 1 unspecified atom stereocenters. The van der Waals surface area contributed by atoms with Crippen LogP contribution in [0.5, 0.6) is 0 Å². The first-order valence-electron chi connectivity index (χ1n) is 6.70. The van der Waals surface area contributed by atoms with Gasteiger partial charge in [0.25, 0.3) is 0 Å². The maximum atomic E-state index is 12.3. The number of nitrogens with zero attached hydrogens (tertiary/aromatic N) is 2. The van der Waals surface area contributed by atoms with Crippen molar-refractivity contribution in [3.8, 4) is 0 Å². The largest absolute Gasteiger partial charge is 0.347 e. The lowest BCUT2D eigenvalue weighted by atomic mass is 10.1. The predicted octanol–water partition coefficient (Wildman–Crippen LogP) is 1.67. The highest BCUT2D eigenvalue weighted by molar-refractivity contribution is 7.22. The summed E-state index contributed by atoms with van der Waals surface area (Å²) in [4.78, 5) is 24.1. The van der Waals surface area contributed by atoms with Crippen LogP contribution in [0.4, 0.5) is 5.13 Å². The van der Waals surface area contributed by atoms with E-state index >= 15 is 0 Å². The highest BCUT2D eigenvalue weighted by atomic mass is 32.1. The number of thiazole rings is 1. The van der Waals surface area contributed by atoms with Crippen molar-refractivity contribution in [2.45, 2.75) is 19.0 Å². The van der Waals surface area contributed by atoms with E-state index in [1.807, 2.05) is 24.3 Å². The Labute approximate surface area is 124 Å². The minimum absolute atomic E-state index is 0.0669. The van der Waals surface area contributed by atoms with Crippen molar-refractivity contribution in [1.29, 1.82) is 0 Å². The summed E-state index contributed by atoms with van der Waals surface area (Å²) in [5.74, 6) is -0.0669. The lowest BCUT2D eigenvalue weighted by Gasteiger charge is -2.21. The molecule has 1 atom stereocenters. The fourth-order valence-electron chi connectivity index (χ4n) is 2.47. The zero-order valence-electron chi connectivity index (χ0n) is 11.1. The number of aromatic nitrogens is 3. The Bertz CT molecular complexity index is 775. The van der Waals surface area contributed by atoms with Crippen LogP contribution in [0.3, 0.4) is 0 Å². The first kappa shape index (κ1) is 12.5. The summed E-state index contributed by atoms with van der Waals surface area (Å²) in [5.41, 5.74) is 2.92. The van der Waals surface area contributed by atoms with E-state index in [0.29, 0.717) is 18.1 Å². The summed E-state index contributed by atoms with van der Waals surface area (Å²) < 4.78 is 1.07. The van der Waals surface area contributed by atoms with Gasteiger partial charge in [0.15, 0.2) is 5.13 Å². The SMILES string of the molecule is O=C(Nc1nc2ccccc2s1)C1Cc2nc[nH]c2CN1. The van der Waals surface area contributed by atoms with Crippen molar-refractivity contribution in [1.82, 2.24) is 20.3 Å². The van der Waals surface area contributed by atoms with Gasteiger partial charge in [-0.3, -0.25) is 10.1 Å². The van der Waals surface area contributed by atoms with Gasteiger partial charge in [-0.05, 0) is 12.1 Å². The monoisotopic (exact) mass is 299 g/mol. The van der Waals surface area contributed by atoms with Crippen LogP contribution in [0.15, 0.2) is 30.6 Å². The number of para-hydroxylation sites is 1. The summed E-state index contributed by atoms with van der Waals surface area (Å²) in [6.07, 6.45) is 2.26. The standard InChI is InChI=1S/C14H13N5OS/c20-13(10-5-9-11(6-15-10)17-7-16-9)19-14-18-8-3-1-2-4-12(8)21-14/h1-4,7,10,15H,5-6H2,(H,16,17)(H,18,19,20). The van der Waals surface area contributed by atoms with Gasteiger partial charge in [-0.15, -0.1) is 0 Å². The van der Waals surface area contributed by atoms with Crippen LogP contribution in [0.1, 0.15) is 11.4 Å². The van der Waals surface area contributed by atoms with Crippen molar-refractivity contribution >= 4 is 32.6 Å². The molecular weight excluding hydrogens is 286 g/mol. The van der Waals surface area contributed by atoms with Crippen LogP contribution in [0.2, 0.25) is 0 Å². The number of amides is 1. The zero-order chi connectivity index (χ0) is 14.2. The molecule has 21 heavy (non-hydrogen) atoms. The van der Waals surface area contributed by atoms with E-state index in [9.17, 15) is 4.79 Å². The summed E-state index contributed by atoms with van der Waals surface area (Å²) in [5, 5.41) is 6.74. The Morgan fingerprint density at radius 3 is 3.19 bits per heavy atom. The lowest BCUT2D eigenvalue weighted by Crippen LogP contribution is -2.44. The number of H-pyrrole nitrogens is 1. The maximum absolute atomic E-state index is 12.3. The van der Waals surface area contributed by atoms with Gasteiger partial charge in [0.05, 0.1) is 34.0 Å². The average molecular weight is 299 g/mol. The smallest absolute Gasteiger partial charge is 0.243 e. The van der Waals surface area contributed by atoms with Crippen LogP contribution in [-0.2, 0) is 17.8 Å². The number of carbonyl (C=O) groups excluding carboxylic acids is 1. The van der Waals surface area contributed by atoms with E-state index in [2.05, 4.69) is 25.6 Å². The molecule has 0 radical (unpaired) electrons. The van der Waals surface area contributed by atoms with Crippen LogP contribution >= 0.6 is 11.3 Å². The third kappa shape index (κ3) is 2.30. The van der Waals surface area contributed by atoms with Crippen molar-refractivity contribution < 1.29 is 4.79 Å². The van der Waals surface area contributed by atoms with Crippen LogP contribution in [0.25, 0.3) is 10.2 Å². The number of aromatic amines is 1. The number of hydrogen-bond acceptors (Lipinski definition) is 5. The number of fused-ring (bicyclic) bond motifs is 2. The minimum Gasteiger partial charge on any atom is -0.347 e. The first-order valence-corrected chi connectivity index (χ1v) is 7.52. The Hall–Kier alpha value is -2.25. The van der Waals surface area contributed by atoms with E-state index in [-0.39, 0.29) is 11.9 Å². The van der Waals surface area contributed by atoms with Gasteiger partial charge in [0.2, 0.25) is 5.91 Å². The molecule has 6 nitrogen and oxygen atoms in total. The normalized spacial score (nSPS) is 17.6. The molecule has 4 rings (SSSR count). The van der Waals surface area contributed by atoms with Gasteiger partial charge in [0.1, 0.15) is 0 Å². The van der Waals surface area contributed by atoms with E-state index in [4.69, 9.17) is 0 Å². The number of benzene rings is 1. The van der Waals surface area contributed by atoms with Gasteiger partial charge in [0, 0.05) is 13.0 Å². The Balaban J connectivity index is 1.51. The quantitative estimate of drug-likeness (QED) is 0.672. The molecule has 7 heteroatoms. The second-order valence-electron chi connectivity index (χ2n) is 4.94. The number of hydrogen-bond donors (Lipinski definition) is 3. The first-order chi connectivity index (χ1) is 10.3. The fourth-order valence-corrected chi connectivity index (χ4v) is 3.34. The number of nitrogens with one attached hydrogen (secondary N) is 3. The summed E-state index contributed by atoms with van der Waals surface area (Å²) in [6.45, 7) is 0.632. The second kappa shape index (κ2) is 4.94. The molecular formula is C14H13N5OS. The number of anilines is 1. The summed E-state index contributed by atoms with van der Waals surface area (Å²) >= 11 is 1.48. The molecule has 106 valence electrons. The van der Waals surface area contributed by atoms with Gasteiger partial charge in [-0.1, -0.05) is 23.5 Å². The molecule has 1 amide bonds. The molecule has 2 aromatic heterocycles. The number of carbonyl (C=O) groups is 1. The third-order valence-electron chi connectivity index (χ3n) is 3.57. The van der Waals surface area contributed by atoms with Crippen LogP contribution in [0, 0.1) is 0 Å². The molecule has 1 aliphatic rings. The third-order valence-corrected chi connectivity index (χ3v) is 4.52. The number of imidazole rings is 1. The van der Waals surface area contributed by atoms with Gasteiger partial charge in [-0.2, -0.15) is 0 Å². The van der Waals surface area contributed by atoms with Gasteiger partial charge >= 0.3 is 0 Å². The van der Waals surface area contributed by atoms with Crippen molar-refractivity contribution in [3.63, 3.8) is 0 Å². The highest BCUT2D eigenvalue weighted by Crippen LogP contribution is 2.25. The van der Waals surface area contributed by atoms with E-state index in [1.54, 1.807) is 6.33 Å². The molecule has 0 saturated heterocycles. The summed E-state index contributed by atoms with van der Waals surface area (Å²) in [7, 11) is 0. The molecule has 3 heterocycles. The van der Waals surface area contributed by atoms with E-state index in [0.717, 1.165) is 21.6 Å². The van der Waals surface area contributed by atoms with Crippen molar-refractivity contribution in [2.75, 3.05) is 5.32 Å². The topological polar surface area (TPSA) is 82.7 Å². The molecule has 1 aliphatic heterocycles.